The lowest BCUT2D eigenvalue weighted by molar-refractivity contribution is 0.186. The van der Waals surface area contributed by atoms with Gasteiger partial charge < -0.3 is 9.42 Å². The summed E-state index contributed by atoms with van der Waals surface area (Å²) >= 11 is 0. The Hall–Kier alpha value is -1.68. The quantitative estimate of drug-likeness (QED) is 0.868. The van der Waals surface area contributed by atoms with Gasteiger partial charge in [-0.15, -0.1) is 0 Å². The lowest BCUT2D eigenvalue weighted by atomic mass is 9.96. The Balaban J connectivity index is 1.39. The molecule has 0 spiro atoms. The van der Waals surface area contributed by atoms with Gasteiger partial charge >= 0.3 is 0 Å². The molecule has 22 heavy (non-hydrogen) atoms. The highest BCUT2D eigenvalue weighted by Gasteiger charge is 2.33. The monoisotopic (exact) mass is 297 g/mol. The number of nitrogens with zero attached hydrogens (tertiary/aromatic N) is 3. The number of likely N-dealkylation sites (tertiary alicyclic amines) is 1. The van der Waals surface area contributed by atoms with Crippen molar-refractivity contribution in [1.82, 2.24) is 15.0 Å². The maximum atomic E-state index is 5.54. The first-order valence-corrected chi connectivity index (χ1v) is 8.40. The van der Waals surface area contributed by atoms with Crippen LogP contribution in [0, 0.1) is 6.92 Å². The molecule has 1 aliphatic heterocycles. The van der Waals surface area contributed by atoms with Gasteiger partial charge in [0, 0.05) is 18.4 Å². The minimum Gasteiger partial charge on any atom is -0.339 e. The lowest BCUT2D eigenvalue weighted by Gasteiger charge is -2.30. The van der Waals surface area contributed by atoms with Gasteiger partial charge in [0.15, 0.2) is 5.82 Å². The predicted molar refractivity (Wildman–Crippen MR) is 84.9 cm³/mol. The largest absolute Gasteiger partial charge is 0.339 e. The summed E-state index contributed by atoms with van der Waals surface area (Å²) in [5.41, 5.74) is 2.52. The molecule has 2 aromatic rings. The van der Waals surface area contributed by atoms with Crippen molar-refractivity contribution >= 4 is 0 Å². The van der Waals surface area contributed by atoms with Gasteiger partial charge in [0.1, 0.15) is 0 Å². The predicted octanol–water partition coefficient (Wildman–Crippen LogP) is 3.31. The van der Waals surface area contributed by atoms with Gasteiger partial charge in [0.2, 0.25) is 5.89 Å². The van der Waals surface area contributed by atoms with Crippen LogP contribution in [0.1, 0.15) is 54.4 Å². The second kappa shape index (κ2) is 5.84. The molecule has 1 aromatic carbocycles. The van der Waals surface area contributed by atoms with Crippen LogP contribution in [0.15, 0.2) is 28.8 Å². The SMILES string of the molecule is Cc1cccc(Cc2noc(C3CCN(C4CC4)CC3)n2)c1. The van der Waals surface area contributed by atoms with E-state index >= 15 is 0 Å². The molecule has 0 atom stereocenters. The number of piperidine rings is 1. The minimum absolute atomic E-state index is 0.453. The standard InChI is InChI=1S/C18H23N3O/c1-13-3-2-4-14(11-13)12-17-19-18(22-20-17)15-7-9-21(10-8-15)16-5-6-16/h2-4,11,15-16H,5-10,12H2,1H3. The molecule has 2 heterocycles. The maximum absolute atomic E-state index is 5.54. The van der Waals surface area contributed by atoms with Crippen LogP contribution in [0.25, 0.3) is 0 Å². The molecule has 2 aliphatic rings. The van der Waals surface area contributed by atoms with E-state index < -0.39 is 0 Å². The van der Waals surface area contributed by atoms with E-state index in [9.17, 15) is 0 Å². The van der Waals surface area contributed by atoms with E-state index in [-0.39, 0.29) is 0 Å². The molecule has 0 bridgehead atoms. The van der Waals surface area contributed by atoms with Crippen LogP contribution in [0.3, 0.4) is 0 Å². The second-order valence-corrected chi connectivity index (χ2v) is 6.76. The number of hydrogen-bond donors (Lipinski definition) is 0. The van der Waals surface area contributed by atoms with E-state index in [0.717, 1.165) is 37.0 Å². The number of rotatable bonds is 4. The van der Waals surface area contributed by atoms with Gasteiger partial charge in [-0.1, -0.05) is 35.0 Å². The third kappa shape index (κ3) is 3.07. The molecule has 0 radical (unpaired) electrons. The van der Waals surface area contributed by atoms with Gasteiger partial charge in [0.05, 0.1) is 0 Å². The van der Waals surface area contributed by atoms with Gasteiger partial charge in [-0.2, -0.15) is 4.98 Å². The van der Waals surface area contributed by atoms with E-state index in [0.29, 0.717) is 5.92 Å². The highest BCUT2D eigenvalue weighted by atomic mass is 16.5. The van der Waals surface area contributed by atoms with Crippen molar-refractivity contribution in [3.8, 4) is 0 Å². The maximum Gasteiger partial charge on any atom is 0.229 e. The number of aromatic nitrogens is 2. The van der Waals surface area contributed by atoms with Crippen molar-refractivity contribution in [2.75, 3.05) is 13.1 Å². The van der Waals surface area contributed by atoms with Crippen molar-refractivity contribution in [3.63, 3.8) is 0 Å². The molecule has 1 aromatic heterocycles. The normalized spacial score (nSPS) is 20.4. The smallest absolute Gasteiger partial charge is 0.229 e. The molecular weight excluding hydrogens is 274 g/mol. The van der Waals surface area contributed by atoms with Crippen molar-refractivity contribution in [3.05, 3.63) is 47.1 Å². The lowest BCUT2D eigenvalue weighted by Crippen LogP contribution is -2.34. The Labute approximate surface area is 131 Å². The first-order chi connectivity index (χ1) is 10.8. The Kier molecular flexibility index (Phi) is 3.70. The average Bonchev–Trinajstić information content (AvgIpc) is 3.28. The van der Waals surface area contributed by atoms with Crippen LogP contribution < -0.4 is 0 Å². The number of benzene rings is 1. The molecule has 0 unspecified atom stereocenters. The van der Waals surface area contributed by atoms with Crippen LogP contribution in [0.5, 0.6) is 0 Å². The molecule has 4 heteroatoms. The molecular formula is C18H23N3O. The van der Waals surface area contributed by atoms with E-state index in [2.05, 4.69) is 46.2 Å². The van der Waals surface area contributed by atoms with Crippen molar-refractivity contribution in [1.29, 1.82) is 0 Å². The summed E-state index contributed by atoms with van der Waals surface area (Å²) in [5, 5.41) is 4.18. The van der Waals surface area contributed by atoms with Crippen molar-refractivity contribution in [2.24, 2.45) is 0 Å². The molecule has 1 saturated carbocycles. The van der Waals surface area contributed by atoms with E-state index in [1.165, 1.54) is 37.1 Å². The summed E-state index contributed by atoms with van der Waals surface area (Å²) in [5.74, 6) is 2.11. The molecule has 0 N–H and O–H groups in total. The molecule has 4 rings (SSSR count). The van der Waals surface area contributed by atoms with Crippen LogP contribution in [-0.2, 0) is 6.42 Å². The summed E-state index contributed by atoms with van der Waals surface area (Å²) in [6.07, 6.45) is 5.86. The summed E-state index contributed by atoms with van der Waals surface area (Å²) in [7, 11) is 0. The Bertz CT molecular complexity index is 639. The first-order valence-electron chi connectivity index (χ1n) is 8.40. The van der Waals surface area contributed by atoms with Gasteiger partial charge in [-0.05, 0) is 51.3 Å². The zero-order chi connectivity index (χ0) is 14.9. The fourth-order valence-electron chi connectivity index (χ4n) is 3.46. The van der Waals surface area contributed by atoms with Crippen molar-refractivity contribution < 1.29 is 4.52 Å². The van der Waals surface area contributed by atoms with Crippen LogP contribution >= 0.6 is 0 Å². The summed E-state index contributed by atoms with van der Waals surface area (Å²) in [6, 6.07) is 9.37. The minimum atomic E-state index is 0.453. The summed E-state index contributed by atoms with van der Waals surface area (Å²) in [6.45, 7) is 4.48. The van der Waals surface area contributed by atoms with Crippen molar-refractivity contribution in [2.45, 2.75) is 51.0 Å². The van der Waals surface area contributed by atoms with E-state index in [4.69, 9.17) is 4.52 Å². The highest BCUT2D eigenvalue weighted by Crippen LogP contribution is 2.34. The third-order valence-electron chi connectivity index (χ3n) is 4.87. The molecule has 1 saturated heterocycles. The number of hydrogen-bond acceptors (Lipinski definition) is 4. The van der Waals surface area contributed by atoms with Gasteiger partial charge in [-0.25, -0.2) is 0 Å². The Morgan fingerprint density at radius 1 is 1.18 bits per heavy atom. The molecule has 116 valence electrons. The zero-order valence-electron chi connectivity index (χ0n) is 13.2. The second-order valence-electron chi connectivity index (χ2n) is 6.76. The average molecular weight is 297 g/mol. The Morgan fingerprint density at radius 2 is 2.00 bits per heavy atom. The zero-order valence-corrected chi connectivity index (χ0v) is 13.2. The molecule has 2 fully saturated rings. The van der Waals surface area contributed by atoms with Crippen LogP contribution in [-0.4, -0.2) is 34.2 Å². The third-order valence-corrected chi connectivity index (χ3v) is 4.87. The van der Waals surface area contributed by atoms with E-state index in [1.807, 2.05) is 0 Å². The fourth-order valence-corrected chi connectivity index (χ4v) is 3.46. The summed E-state index contributed by atoms with van der Waals surface area (Å²) in [4.78, 5) is 7.27. The molecule has 0 amide bonds. The van der Waals surface area contributed by atoms with Crippen LogP contribution in [0.4, 0.5) is 0 Å². The van der Waals surface area contributed by atoms with Gasteiger partial charge in [-0.3, -0.25) is 0 Å². The molecule has 1 aliphatic carbocycles. The highest BCUT2D eigenvalue weighted by molar-refractivity contribution is 5.24. The van der Waals surface area contributed by atoms with E-state index in [1.54, 1.807) is 0 Å². The summed E-state index contributed by atoms with van der Waals surface area (Å²) < 4.78 is 5.54. The first kappa shape index (κ1) is 13.9. The molecule has 4 nitrogen and oxygen atoms in total. The van der Waals surface area contributed by atoms with Gasteiger partial charge in [0.25, 0.3) is 0 Å². The number of aryl methyl sites for hydroxylation is 1. The fraction of sp³-hybridized carbons (Fsp3) is 0.556. The van der Waals surface area contributed by atoms with Crippen LogP contribution in [0.2, 0.25) is 0 Å². The Morgan fingerprint density at radius 3 is 2.73 bits per heavy atom. The topological polar surface area (TPSA) is 42.2 Å².